The molecule has 1 aliphatic rings. The molecule has 0 spiro atoms. The number of nitrogens with zero attached hydrogens (tertiary/aromatic N) is 3. The van der Waals surface area contributed by atoms with Gasteiger partial charge in [0.25, 0.3) is 5.92 Å². The van der Waals surface area contributed by atoms with Gasteiger partial charge in [0.05, 0.1) is 13.1 Å². The summed E-state index contributed by atoms with van der Waals surface area (Å²) in [5, 5.41) is 5.94. The molecule has 3 rings (SSSR count). The number of hydrogen-bond acceptors (Lipinski definition) is 7. The van der Waals surface area contributed by atoms with Crippen molar-refractivity contribution in [2.24, 2.45) is 5.11 Å². The van der Waals surface area contributed by atoms with E-state index in [0.717, 1.165) is 12.1 Å². The maximum Gasteiger partial charge on any atom is 0.387 e. The number of halogens is 5. The van der Waals surface area contributed by atoms with Gasteiger partial charge in [-0.15, -0.1) is 0 Å². The molecule has 1 aromatic carbocycles. The number of hydrogen-bond donors (Lipinski definition) is 2. The minimum absolute atomic E-state index is 0.0957. The van der Waals surface area contributed by atoms with Gasteiger partial charge in [-0.2, -0.15) is 13.9 Å². The summed E-state index contributed by atoms with van der Waals surface area (Å²) >= 11 is 0. The summed E-state index contributed by atoms with van der Waals surface area (Å²) in [6.07, 6.45) is 2.66. The number of alkyl halides is 4. The molecule has 0 unspecified atom stereocenters. The number of nitrogens with one attached hydrogen (secondary N) is 2. The van der Waals surface area contributed by atoms with Gasteiger partial charge in [0.2, 0.25) is 5.88 Å². The van der Waals surface area contributed by atoms with Crippen molar-refractivity contribution in [3.63, 3.8) is 0 Å². The minimum atomic E-state index is -3.18. The van der Waals surface area contributed by atoms with Crippen molar-refractivity contribution in [2.45, 2.75) is 12.5 Å². The summed E-state index contributed by atoms with van der Waals surface area (Å²) in [5.41, 5.74) is 8.03. The Bertz CT molecular complexity index is 933. The molecular formula is C18H16F5N5O2. The molecule has 0 radical (unpaired) electrons. The van der Waals surface area contributed by atoms with Gasteiger partial charge in [-0.3, -0.25) is 0 Å². The summed E-state index contributed by atoms with van der Waals surface area (Å²) in [7, 11) is 0. The Labute approximate surface area is 167 Å². The third kappa shape index (κ3) is 5.55. The van der Waals surface area contributed by atoms with E-state index < -0.39 is 24.1 Å². The molecule has 0 atom stereocenters. The van der Waals surface area contributed by atoms with Crippen LogP contribution in [0.5, 0.6) is 11.6 Å². The third-order valence-electron chi connectivity index (χ3n) is 3.99. The third-order valence-corrected chi connectivity index (χ3v) is 3.99. The van der Waals surface area contributed by atoms with Crippen molar-refractivity contribution >= 4 is 11.4 Å². The van der Waals surface area contributed by atoms with Crippen LogP contribution in [0, 0.1) is 11.3 Å². The van der Waals surface area contributed by atoms with Crippen LogP contribution in [0.3, 0.4) is 0 Å². The Hall–Kier alpha value is -3.44. The van der Waals surface area contributed by atoms with Crippen LogP contribution in [-0.2, 0) is 0 Å². The molecule has 1 aromatic heterocycles. The zero-order valence-electron chi connectivity index (χ0n) is 15.3. The van der Waals surface area contributed by atoms with E-state index in [1.807, 2.05) is 0 Å². The van der Waals surface area contributed by atoms with E-state index in [-0.39, 0.29) is 37.0 Å². The molecule has 2 N–H and O–H groups in total. The topological polar surface area (TPSA) is 82.8 Å². The maximum atomic E-state index is 13.4. The predicted molar refractivity (Wildman–Crippen MR) is 96.8 cm³/mol. The van der Waals surface area contributed by atoms with Crippen LogP contribution in [0.25, 0.3) is 0 Å². The van der Waals surface area contributed by atoms with Crippen LogP contribution in [-0.4, -0.2) is 37.2 Å². The highest BCUT2D eigenvalue weighted by Crippen LogP contribution is 2.32. The second kappa shape index (κ2) is 8.93. The number of anilines is 2. The molecule has 7 nitrogen and oxygen atoms in total. The maximum absolute atomic E-state index is 13.4. The zero-order chi connectivity index (χ0) is 21.7. The first kappa shape index (κ1) is 21.3. The fourth-order valence-electron chi connectivity index (χ4n) is 2.57. The highest BCUT2D eigenvalue weighted by Gasteiger charge is 2.44. The molecule has 2 aromatic rings. The van der Waals surface area contributed by atoms with Crippen LogP contribution >= 0.6 is 0 Å². The quantitative estimate of drug-likeness (QED) is 0.448. The summed E-state index contributed by atoms with van der Waals surface area (Å²) in [5.74, 6) is -4.16. The van der Waals surface area contributed by atoms with Crippen LogP contribution < -0.4 is 19.7 Å². The Kier molecular flexibility index (Phi) is 6.33. The summed E-state index contributed by atoms with van der Waals surface area (Å²) < 4.78 is 73.5. The molecule has 12 heteroatoms. The lowest BCUT2D eigenvalue weighted by molar-refractivity contribution is -0.0521. The highest BCUT2D eigenvalue weighted by molar-refractivity contribution is 5.52. The molecule has 0 bridgehead atoms. The van der Waals surface area contributed by atoms with Gasteiger partial charge in [0.1, 0.15) is 12.3 Å². The van der Waals surface area contributed by atoms with Crippen molar-refractivity contribution in [1.29, 1.82) is 5.53 Å². The van der Waals surface area contributed by atoms with E-state index in [1.54, 1.807) is 6.07 Å². The van der Waals surface area contributed by atoms with Gasteiger partial charge in [-0.25, -0.2) is 23.7 Å². The standard InChI is InChI=1S/C18H16F5N5O2/c19-14-2-1-11(5-15(14)30-17(20)21)26-7-12(27-24)8-29-16-6-13(3-4-25-16)28-9-18(22,23)10-28/h1-7,17,24,26H,8-10H2/b12-7-,27-24?. The Morgan fingerprint density at radius 3 is 2.73 bits per heavy atom. The van der Waals surface area contributed by atoms with Crippen LogP contribution in [0.4, 0.5) is 33.3 Å². The Morgan fingerprint density at radius 2 is 2.07 bits per heavy atom. The highest BCUT2D eigenvalue weighted by atomic mass is 19.3. The monoisotopic (exact) mass is 429 g/mol. The van der Waals surface area contributed by atoms with E-state index in [2.05, 4.69) is 20.2 Å². The summed E-state index contributed by atoms with van der Waals surface area (Å²) in [6, 6.07) is 6.30. The van der Waals surface area contributed by atoms with E-state index in [0.29, 0.717) is 5.69 Å². The number of benzene rings is 1. The molecule has 160 valence electrons. The van der Waals surface area contributed by atoms with Crippen molar-refractivity contribution in [3.05, 3.63) is 54.2 Å². The Balaban J connectivity index is 1.59. The summed E-state index contributed by atoms with van der Waals surface area (Å²) in [4.78, 5) is 5.44. The second-order valence-electron chi connectivity index (χ2n) is 6.27. The van der Waals surface area contributed by atoms with Crippen molar-refractivity contribution in [1.82, 2.24) is 4.98 Å². The molecule has 0 saturated carbocycles. The second-order valence-corrected chi connectivity index (χ2v) is 6.27. The average molecular weight is 429 g/mol. The lowest BCUT2D eigenvalue weighted by Gasteiger charge is -2.40. The lowest BCUT2D eigenvalue weighted by Crippen LogP contribution is -2.56. The van der Waals surface area contributed by atoms with Gasteiger partial charge in [-0.1, -0.05) is 0 Å². The molecule has 1 fully saturated rings. The van der Waals surface area contributed by atoms with Gasteiger partial charge in [0.15, 0.2) is 11.6 Å². The van der Waals surface area contributed by atoms with Gasteiger partial charge in [-0.05, 0) is 18.2 Å². The molecule has 30 heavy (non-hydrogen) atoms. The molecule has 2 heterocycles. The fourth-order valence-corrected chi connectivity index (χ4v) is 2.57. The van der Waals surface area contributed by atoms with Crippen LogP contribution in [0.15, 0.2) is 53.5 Å². The average Bonchev–Trinajstić information content (AvgIpc) is 2.68. The van der Waals surface area contributed by atoms with E-state index in [1.165, 1.54) is 29.4 Å². The lowest BCUT2D eigenvalue weighted by atomic mass is 10.1. The van der Waals surface area contributed by atoms with Gasteiger partial charge in [0, 0.05) is 35.9 Å². The minimum Gasteiger partial charge on any atom is -0.471 e. The number of ether oxygens (including phenoxy) is 2. The van der Waals surface area contributed by atoms with E-state index >= 15 is 0 Å². The SMILES string of the molecule is N=N/C(=C\Nc1ccc(F)c(OC(F)F)c1)COc1cc(N2CC(F)(F)C2)ccn1. The first-order valence-corrected chi connectivity index (χ1v) is 8.55. The predicted octanol–water partition coefficient (Wildman–Crippen LogP) is 4.64. The largest absolute Gasteiger partial charge is 0.471 e. The van der Waals surface area contributed by atoms with Crippen molar-refractivity contribution in [2.75, 3.05) is 29.9 Å². The number of pyridine rings is 1. The first-order chi connectivity index (χ1) is 14.3. The van der Waals surface area contributed by atoms with Crippen LogP contribution in [0.1, 0.15) is 0 Å². The summed E-state index contributed by atoms with van der Waals surface area (Å²) in [6.45, 7) is -4.14. The van der Waals surface area contributed by atoms with Crippen LogP contribution in [0.2, 0.25) is 0 Å². The normalized spacial score (nSPS) is 15.5. The van der Waals surface area contributed by atoms with E-state index in [9.17, 15) is 22.0 Å². The van der Waals surface area contributed by atoms with Crippen molar-refractivity contribution < 1.29 is 31.4 Å². The molecule has 1 aliphatic heterocycles. The fraction of sp³-hybridized carbons (Fsp3) is 0.278. The number of aromatic nitrogens is 1. The molecular weight excluding hydrogens is 413 g/mol. The Morgan fingerprint density at radius 1 is 1.30 bits per heavy atom. The van der Waals surface area contributed by atoms with Crippen molar-refractivity contribution in [3.8, 4) is 11.6 Å². The molecule has 0 amide bonds. The zero-order valence-corrected chi connectivity index (χ0v) is 15.3. The van der Waals surface area contributed by atoms with Gasteiger partial charge < -0.3 is 19.7 Å². The number of rotatable bonds is 9. The van der Waals surface area contributed by atoms with Gasteiger partial charge >= 0.3 is 6.61 Å². The molecule has 0 aliphatic carbocycles. The molecule has 1 saturated heterocycles. The van der Waals surface area contributed by atoms with E-state index in [4.69, 9.17) is 10.3 Å². The smallest absolute Gasteiger partial charge is 0.387 e. The first-order valence-electron chi connectivity index (χ1n) is 8.55.